The molecule has 0 bridgehead atoms. The van der Waals surface area contributed by atoms with Crippen LogP contribution in [0, 0.1) is 13.8 Å². The van der Waals surface area contributed by atoms with Crippen LogP contribution < -0.4 is 16.0 Å². The molecule has 8 rings (SSSR count). The molecule has 2 aromatic carbocycles. The number of fused-ring (bicyclic) bond motifs is 3. The molecular weight excluding hydrogens is 600 g/mol. The van der Waals surface area contributed by atoms with Gasteiger partial charge in [-0.2, -0.15) is 21.1 Å². The van der Waals surface area contributed by atoms with Crippen molar-refractivity contribution in [1.29, 1.82) is 0 Å². The highest BCUT2D eigenvalue weighted by atomic mass is 32.1. The molecule has 0 unspecified atom stereocenters. The number of rotatable bonds is 5. The smallest absolute Gasteiger partial charge is 0.281 e. The molecule has 0 radical (unpaired) electrons. The molecule has 1 aliphatic rings. The molecule has 0 saturated heterocycles. The molecule has 11 nitrogen and oxygen atoms in total. The Morgan fingerprint density at radius 3 is 2.57 bits per heavy atom. The second-order valence-corrected chi connectivity index (χ2v) is 13.0. The molecule has 0 fully saturated rings. The largest absolute Gasteiger partial charge is 0.504 e. The first kappa shape index (κ1) is 28.0. The van der Waals surface area contributed by atoms with Crippen molar-refractivity contribution in [3.05, 3.63) is 98.7 Å². The fourth-order valence-corrected chi connectivity index (χ4v) is 7.19. The summed E-state index contributed by atoms with van der Waals surface area (Å²) in [6, 6.07) is 15.1. The number of phenols is 1. The van der Waals surface area contributed by atoms with Gasteiger partial charge in [0.1, 0.15) is 30.0 Å². The molecule has 1 aliphatic heterocycles. The van der Waals surface area contributed by atoms with Gasteiger partial charge in [0.2, 0.25) is 0 Å². The van der Waals surface area contributed by atoms with Gasteiger partial charge in [-0.15, -0.1) is 0 Å². The number of nitrogens with zero attached hydrogens (tertiary/aromatic N) is 7. The zero-order valence-electron chi connectivity index (χ0n) is 25.6. The van der Waals surface area contributed by atoms with E-state index in [1.165, 1.54) is 6.33 Å². The minimum atomic E-state index is -0.504. The number of phenolic OH excluding ortho intramolecular Hbond substituents is 1. The number of nitrogens with two attached hydrogens (primary N) is 1. The first-order valence-electron chi connectivity index (χ1n) is 14.9. The van der Waals surface area contributed by atoms with Crippen LogP contribution >= 0.6 is 11.3 Å². The molecule has 46 heavy (non-hydrogen) atoms. The van der Waals surface area contributed by atoms with Gasteiger partial charge in [-0.1, -0.05) is 12.1 Å². The monoisotopic (exact) mass is 630 g/mol. The van der Waals surface area contributed by atoms with E-state index in [2.05, 4.69) is 9.97 Å². The van der Waals surface area contributed by atoms with Crippen LogP contribution in [0.3, 0.4) is 0 Å². The van der Waals surface area contributed by atoms with Crippen LogP contribution in [0.25, 0.3) is 44.3 Å². The van der Waals surface area contributed by atoms with Gasteiger partial charge < -0.3 is 15.6 Å². The third-order valence-electron chi connectivity index (χ3n) is 8.53. The summed E-state index contributed by atoms with van der Waals surface area (Å²) in [5, 5.41) is 20.8. The SMILES string of the molecule is Cc1ccc(C)n1-n1c(Cn2nc(-c3ccc(O)c4c3CC(C)(C)O4)c3c(N)ncnc32)nc2cccc(-c3ccsc3)c2c1=O. The first-order valence-corrected chi connectivity index (χ1v) is 15.8. The Labute approximate surface area is 267 Å². The number of aromatic hydroxyl groups is 1. The van der Waals surface area contributed by atoms with Gasteiger partial charge in [0.15, 0.2) is 23.0 Å². The molecule has 0 spiro atoms. The third-order valence-corrected chi connectivity index (χ3v) is 9.22. The van der Waals surface area contributed by atoms with E-state index in [1.54, 1.807) is 26.8 Å². The minimum absolute atomic E-state index is 0.0703. The minimum Gasteiger partial charge on any atom is -0.504 e. The second-order valence-electron chi connectivity index (χ2n) is 12.2. The van der Waals surface area contributed by atoms with E-state index in [1.807, 2.05) is 85.6 Å². The molecule has 230 valence electrons. The zero-order chi connectivity index (χ0) is 31.9. The van der Waals surface area contributed by atoms with Gasteiger partial charge in [-0.3, -0.25) is 9.47 Å². The van der Waals surface area contributed by atoms with Crippen molar-refractivity contribution in [3.8, 4) is 33.9 Å². The summed E-state index contributed by atoms with van der Waals surface area (Å²) in [5.41, 5.74) is 12.6. The second kappa shape index (κ2) is 10.0. The van der Waals surface area contributed by atoms with Crippen LogP contribution in [0.1, 0.15) is 36.6 Å². The van der Waals surface area contributed by atoms with Crippen LogP contribution in [0.4, 0.5) is 5.82 Å². The van der Waals surface area contributed by atoms with E-state index in [9.17, 15) is 9.90 Å². The van der Waals surface area contributed by atoms with Crippen LogP contribution in [0.2, 0.25) is 0 Å². The van der Waals surface area contributed by atoms with Crippen molar-refractivity contribution in [2.75, 3.05) is 5.73 Å². The van der Waals surface area contributed by atoms with Crippen LogP contribution in [0.15, 0.2) is 70.4 Å². The highest BCUT2D eigenvalue weighted by Crippen LogP contribution is 2.47. The van der Waals surface area contributed by atoms with E-state index in [0.29, 0.717) is 45.6 Å². The Bertz CT molecular complexity index is 2380. The first-order chi connectivity index (χ1) is 22.1. The topological polar surface area (TPSA) is 139 Å². The van der Waals surface area contributed by atoms with Gasteiger partial charge in [-0.25, -0.2) is 19.6 Å². The van der Waals surface area contributed by atoms with Crippen LogP contribution in [-0.4, -0.2) is 44.8 Å². The summed E-state index contributed by atoms with van der Waals surface area (Å²) in [5.74, 6) is 1.25. The Kier molecular flexibility index (Phi) is 6.10. The maximum Gasteiger partial charge on any atom is 0.281 e. The summed E-state index contributed by atoms with van der Waals surface area (Å²) in [6.07, 6.45) is 1.97. The average Bonchev–Trinajstić information content (AvgIpc) is 3.81. The lowest BCUT2D eigenvalue weighted by molar-refractivity contribution is 0.134. The number of anilines is 1. The molecule has 0 aliphatic carbocycles. The van der Waals surface area contributed by atoms with E-state index in [4.69, 9.17) is 20.6 Å². The standard InChI is InChI=1S/C34H30N8O3S/c1-18-8-9-19(2)41(18)42-26(38-24-7-5-6-21(27(24)33(42)44)20-12-13-46-16-20)15-40-32-28(31(35)36-17-37-32)29(39-40)22-10-11-25(43)30-23(22)14-34(3,4)45-30/h5-13,16-17,43H,14-15H2,1-4H3,(H2,35,36,37). The lowest BCUT2D eigenvalue weighted by atomic mass is 9.95. The number of ether oxygens (including phenoxy) is 1. The van der Waals surface area contributed by atoms with E-state index >= 15 is 0 Å². The Balaban J connectivity index is 1.38. The number of thiophene rings is 1. The predicted octanol–water partition coefficient (Wildman–Crippen LogP) is 5.71. The van der Waals surface area contributed by atoms with Crippen molar-refractivity contribution >= 4 is 39.1 Å². The Morgan fingerprint density at radius 1 is 1.00 bits per heavy atom. The molecule has 3 N–H and O–H groups in total. The molecule has 7 aromatic rings. The van der Waals surface area contributed by atoms with E-state index in [-0.39, 0.29) is 23.7 Å². The average molecular weight is 631 g/mol. The zero-order valence-corrected chi connectivity index (χ0v) is 26.5. The molecule has 0 saturated carbocycles. The molecule has 6 heterocycles. The van der Waals surface area contributed by atoms with Crippen molar-refractivity contribution in [3.63, 3.8) is 0 Å². The lowest BCUT2D eigenvalue weighted by Crippen LogP contribution is -2.33. The third kappa shape index (κ3) is 4.21. The van der Waals surface area contributed by atoms with E-state index < -0.39 is 5.60 Å². The van der Waals surface area contributed by atoms with E-state index in [0.717, 1.165) is 33.6 Å². The number of hydrogen-bond acceptors (Lipinski definition) is 9. The summed E-state index contributed by atoms with van der Waals surface area (Å²) in [4.78, 5) is 28.6. The molecule has 5 aromatic heterocycles. The van der Waals surface area contributed by atoms with Gasteiger partial charge in [0, 0.05) is 28.9 Å². The summed E-state index contributed by atoms with van der Waals surface area (Å²) in [6.45, 7) is 7.99. The summed E-state index contributed by atoms with van der Waals surface area (Å²) in [7, 11) is 0. The number of nitrogen functional groups attached to an aromatic ring is 1. The number of aromatic nitrogens is 7. The number of aryl methyl sites for hydroxylation is 2. The number of hydrogen-bond donors (Lipinski definition) is 2. The summed E-state index contributed by atoms with van der Waals surface area (Å²) >= 11 is 1.58. The molecule has 12 heteroatoms. The molecular formula is C34H30N8O3S. The van der Waals surface area contributed by atoms with Crippen molar-refractivity contribution in [2.24, 2.45) is 0 Å². The van der Waals surface area contributed by atoms with Gasteiger partial charge >= 0.3 is 0 Å². The van der Waals surface area contributed by atoms with Crippen molar-refractivity contribution in [1.82, 2.24) is 34.1 Å². The highest BCUT2D eigenvalue weighted by molar-refractivity contribution is 7.08. The predicted molar refractivity (Wildman–Crippen MR) is 178 cm³/mol. The van der Waals surface area contributed by atoms with Gasteiger partial charge in [-0.05, 0) is 86.0 Å². The highest BCUT2D eigenvalue weighted by Gasteiger charge is 2.35. The molecule has 0 atom stereocenters. The Morgan fingerprint density at radius 2 is 1.80 bits per heavy atom. The van der Waals surface area contributed by atoms with Crippen molar-refractivity contribution in [2.45, 2.75) is 46.3 Å². The Hall–Kier alpha value is -5.49. The summed E-state index contributed by atoms with van der Waals surface area (Å²) < 4.78 is 11.3. The van der Waals surface area contributed by atoms with Gasteiger partial charge in [0.25, 0.3) is 5.56 Å². The fourth-order valence-electron chi connectivity index (χ4n) is 6.54. The maximum absolute atomic E-state index is 14.6. The quantitative estimate of drug-likeness (QED) is 0.247. The van der Waals surface area contributed by atoms with Crippen molar-refractivity contribution < 1.29 is 9.84 Å². The normalized spacial score (nSPS) is 13.8. The van der Waals surface area contributed by atoms with Crippen LogP contribution in [-0.2, 0) is 13.0 Å². The lowest BCUT2D eigenvalue weighted by Gasteiger charge is -2.19. The fraction of sp³-hybridized carbons (Fsp3) is 0.206. The number of benzene rings is 2. The van der Waals surface area contributed by atoms with Crippen LogP contribution in [0.5, 0.6) is 11.5 Å². The molecule has 0 amide bonds. The maximum atomic E-state index is 14.6. The van der Waals surface area contributed by atoms with Gasteiger partial charge in [0.05, 0.1) is 16.3 Å².